The van der Waals surface area contributed by atoms with E-state index >= 15 is 0 Å². The number of rotatable bonds is 5. The number of benzene rings is 2. The minimum atomic E-state index is 0.894. The molecule has 3 rings (SSSR count). The monoisotopic (exact) mass is 337 g/mol. The molecule has 1 aliphatic carbocycles. The SMILES string of the molecule is CCCc1ccc(-c2ccc(C)cc2)cc1.NCCC1CCCCC1. The highest BCUT2D eigenvalue weighted by atomic mass is 14.5. The van der Waals surface area contributed by atoms with Crippen molar-refractivity contribution in [2.75, 3.05) is 6.54 Å². The van der Waals surface area contributed by atoms with Crippen molar-refractivity contribution >= 4 is 0 Å². The second kappa shape index (κ2) is 11.1. The first kappa shape index (κ1) is 19.7. The van der Waals surface area contributed by atoms with E-state index in [1.807, 2.05) is 0 Å². The summed E-state index contributed by atoms with van der Waals surface area (Å²) in [5.41, 5.74) is 10.8. The molecule has 136 valence electrons. The van der Waals surface area contributed by atoms with Gasteiger partial charge in [0.15, 0.2) is 0 Å². The average Bonchev–Trinajstić information content (AvgIpc) is 2.65. The fourth-order valence-corrected chi connectivity index (χ4v) is 3.61. The molecule has 0 aliphatic heterocycles. The van der Waals surface area contributed by atoms with Crippen LogP contribution in [0.15, 0.2) is 48.5 Å². The summed E-state index contributed by atoms with van der Waals surface area (Å²) in [4.78, 5) is 0. The molecule has 0 radical (unpaired) electrons. The molecule has 2 aromatic rings. The lowest BCUT2D eigenvalue weighted by Gasteiger charge is -2.20. The average molecular weight is 338 g/mol. The second-order valence-corrected chi connectivity index (χ2v) is 7.39. The smallest absolute Gasteiger partial charge is 0.00746 e. The highest BCUT2D eigenvalue weighted by molar-refractivity contribution is 5.63. The molecule has 0 amide bonds. The normalized spacial score (nSPS) is 14.7. The Morgan fingerprint density at radius 2 is 1.40 bits per heavy atom. The summed E-state index contributed by atoms with van der Waals surface area (Å²) in [5.74, 6) is 0.976. The van der Waals surface area contributed by atoms with Crippen LogP contribution < -0.4 is 5.73 Å². The quantitative estimate of drug-likeness (QED) is 0.659. The summed E-state index contributed by atoms with van der Waals surface area (Å²) in [7, 11) is 0. The summed E-state index contributed by atoms with van der Waals surface area (Å²) >= 11 is 0. The van der Waals surface area contributed by atoms with Gasteiger partial charge in [-0.2, -0.15) is 0 Å². The van der Waals surface area contributed by atoms with Gasteiger partial charge in [0.05, 0.1) is 0 Å². The molecule has 0 atom stereocenters. The van der Waals surface area contributed by atoms with Crippen molar-refractivity contribution in [1.29, 1.82) is 0 Å². The van der Waals surface area contributed by atoms with E-state index in [-0.39, 0.29) is 0 Å². The fraction of sp³-hybridized carbons (Fsp3) is 0.500. The molecule has 1 aliphatic rings. The first-order chi connectivity index (χ1) is 12.2. The van der Waals surface area contributed by atoms with Crippen molar-refractivity contribution in [3.05, 3.63) is 59.7 Å². The van der Waals surface area contributed by atoms with Crippen LogP contribution in [0.25, 0.3) is 11.1 Å². The fourth-order valence-electron chi connectivity index (χ4n) is 3.61. The van der Waals surface area contributed by atoms with Gasteiger partial charge in [0.2, 0.25) is 0 Å². The predicted octanol–water partition coefficient (Wildman–Crippen LogP) is 6.53. The van der Waals surface area contributed by atoms with Crippen LogP contribution in [0.5, 0.6) is 0 Å². The minimum absolute atomic E-state index is 0.894. The highest BCUT2D eigenvalue weighted by Crippen LogP contribution is 2.25. The van der Waals surface area contributed by atoms with Crippen molar-refractivity contribution in [3.8, 4) is 11.1 Å². The van der Waals surface area contributed by atoms with Gasteiger partial charge in [-0.25, -0.2) is 0 Å². The molecule has 1 fully saturated rings. The summed E-state index contributed by atoms with van der Waals surface area (Å²) < 4.78 is 0. The Bertz CT molecular complexity index is 574. The Kier molecular flexibility index (Phi) is 8.76. The van der Waals surface area contributed by atoms with Gasteiger partial charge in [-0.15, -0.1) is 0 Å². The Labute approximate surface area is 154 Å². The van der Waals surface area contributed by atoms with Gasteiger partial charge >= 0.3 is 0 Å². The third kappa shape index (κ3) is 7.04. The zero-order valence-electron chi connectivity index (χ0n) is 16.1. The van der Waals surface area contributed by atoms with Gasteiger partial charge in [-0.1, -0.05) is 99.5 Å². The molecular formula is C24H35N. The lowest BCUT2D eigenvalue weighted by molar-refractivity contribution is 0.343. The molecule has 2 N–H and O–H groups in total. The highest BCUT2D eigenvalue weighted by Gasteiger charge is 2.11. The third-order valence-electron chi connectivity index (χ3n) is 5.18. The maximum absolute atomic E-state index is 5.46. The maximum Gasteiger partial charge on any atom is -0.00746 e. The van der Waals surface area contributed by atoms with Gasteiger partial charge in [0.25, 0.3) is 0 Å². The zero-order valence-corrected chi connectivity index (χ0v) is 16.1. The second-order valence-electron chi connectivity index (χ2n) is 7.39. The van der Waals surface area contributed by atoms with Crippen LogP contribution in [0.3, 0.4) is 0 Å². The van der Waals surface area contributed by atoms with Gasteiger partial charge in [0.1, 0.15) is 0 Å². The van der Waals surface area contributed by atoms with Gasteiger partial charge in [-0.3, -0.25) is 0 Å². The number of hydrogen-bond donors (Lipinski definition) is 1. The minimum Gasteiger partial charge on any atom is -0.330 e. The number of nitrogens with two attached hydrogens (primary N) is 1. The van der Waals surface area contributed by atoms with E-state index in [1.165, 1.54) is 73.6 Å². The Morgan fingerprint density at radius 3 is 1.92 bits per heavy atom. The van der Waals surface area contributed by atoms with Crippen LogP contribution in [0.4, 0.5) is 0 Å². The van der Waals surface area contributed by atoms with Crippen molar-refractivity contribution in [2.45, 2.75) is 65.2 Å². The van der Waals surface area contributed by atoms with Crippen molar-refractivity contribution in [1.82, 2.24) is 0 Å². The first-order valence-electron chi connectivity index (χ1n) is 10.1. The van der Waals surface area contributed by atoms with Gasteiger partial charge in [0, 0.05) is 0 Å². The maximum atomic E-state index is 5.46. The molecule has 0 heterocycles. The molecule has 0 spiro atoms. The standard InChI is InChI=1S/C16H18.C8H17N/c1-3-4-14-7-11-16(12-8-14)15-9-5-13(2)6-10-15;9-7-6-8-4-2-1-3-5-8/h5-12H,3-4H2,1-2H3;8H,1-7,9H2. The van der Waals surface area contributed by atoms with Crippen molar-refractivity contribution in [2.24, 2.45) is 11.7 Å². The molecule has 0 aromatic heterocycles. The molecule has 2 aromatic carbocycles. The zero-order chi connectivity index (χ0) is 17.9. The largest absolute Gasteiger partial charge is 0.330 e. The van der Waals surface area contributed by atoms with E-state index in [0.29, 0.717) is 0 Å². The van der Waals surface area contributed by atoms with Crippen LogP contribution in [0.2, 0.25) is 0 Å². The number of hydrogen-bond acceptors (Lipinski definition) is 1. The van der Waals surface area contributed by atoms with E-state index in [1.54, 1.807) is 0 Å². The van der Waals surface area contributed by atoms with Crippen molar-refractivity contribution < 1.29 is 0 Å². The molecule has 25 heavy (non-hydrogen) atoms. The summed E-state index contributed by atoms with van der Waals surface area (Å²) in [6.07, 6.45) is 10.9. The van der Waals surface area contributed by atoms with Gasteiger partial charge in [-0.05, 0) is 48.9 Å². The van der Waals surface area contributed by atoms with Crippen molar-refractivity contribution in [3.63, 3.8) is 0 Å². The Morgan fingerprint density at radius 1 is 0.840 bits per heavy atom. The number of aryl methyl sites for hydroxylation is 2. The van der Waals surface area contributed by atoms with E-state index in [2.05, 4.69) is 62.4 Å². The predicted molar refractivity (Wildman–Crippen MR) is 111 cm³/mol. The van der Waals surface area contributed by atoms with Gasteiger partial charge < -0.3 is 5.73 Å². The molecule has 1 saturated carbocycles. The topological polar surface area (TPSA) is 26.0 Å². The Balaban J connectivity index is 0.000000212. The van der Waals surface area contributed by atoms with Crippen LogP contribution in [-0.2, 0) is 6.42 Å². The molecule has 0 bridgehead atoms. The Hall–Kier alpha value is -1.60. The summed E-state index contributed by atoms with van der Waals surface area (Å²) in [6, 6.07) is 17.6. The molecule has 0 unspecified atom stereocenters. The van der Waals surface area contributed by atoms with Crippen LogP contribution >= 0.6 is 0 Å². The van der Waals surface area contributed by atoms with Crippen LogP contribution in [0, 0.1) is 12.8 Å². The molecule has 1 heteroatoms. The van der Waals surface area contributed by atoms with E-state index < -0.39 is 0 Å². The summed E-state index contributed by atoms with van der Waals surface area (Å²) in [5, 5.41) is 0. The van der Waals surface area contributed by atoms with E-state index in [0.717, 1.165) is 12.5 Å². The van der Waals surface area contributed by atoms with E-state index in [9.17, 15) is 0 Å². The lowest BCUT2D eigenvalue weighted by Crippen LogP contribution is -2.11. The molecule has 0 saturated heterocycles. The molecule has 1 nitrogen and oxygen atoms in total. The summed E-state index contributed by atoms with van der Waals surface area (Å²) in [6.45, 7) is 5.23. The first-order valence-corrected chi connectivity index (χ1v) is 10.1. The lowest BCUT2D eigenvalue weighted by atomic mass is 9.87. The third-order valence-corrected chi connectivity index (χ3v) is 5.18. The molecular weight excluding hydrogens is 302 g/mol. The van der Waals surface area contributed by atoms with E-state index in [4.69, 9.17) is 5.73 Å². The van der Waals surface area contributed by atoms with Crippen LogP contribution in [-0.4, -0.2) is 6.54 Å². The van der Waals surface area contributed by atoms with Crippen LogP contribution in [0.1, 0.15) is 63.0 Å².